The van der Waals surface area contributed by atoms with Crippen LogP contribution in [0, 0.1) is 0 Å². The van der Waals surface area contributed by atoms with Crippen LogP contribution in [0.25, 0.3) is 0 Å². The van der Waals surface area contributed by atoms with Crippen molar-refractivity contribution in [3.8, 4) is 0 Å². The van der Waals surface area contributed by atoms with Gasteiger partial charge in [0.25, 0.3) is 0 Å². The van der Waals surface area contributed by atoms with Gasteiger partial charge in [0.05, 0.1) is 9.79 Å². The Balaban J connectivity index is 0.00000480. The second-order valence-electron chi connectivity index (χ2n) is 7.22. The fourth-order valence-corrected chi connectivity index (χ4v) is 4.43. The SMILES string of the molecule is CN(C)S(=O)(=O)c1ccc(CNCCNCc2ccc(S(=O)(=O)N(C)C)cc2)cc1.Cl.Cl. The van der Waals surface area contributed by atoms with Gasteiger partial charge in [0.2, 0.25) is 20.0 Å². The van der Waals surface area contributed by atoms with Gasteiger partial charge in [-0.15, -0.1) is 24.8 Å². The van der Waals surface area contributed by atoms with Crippen LogP contribution < -0.4 is 10.6 Å². The molecular weight excluding hydrogens is 495 g/mol. The van der Waals surface area contributed by atoms with Gasteiger partial charge >= 0.3 is 0 Å². The van der Waals surface area contributed by atoms with E-state index in [2.05, 4.69) is 10.6 Å². The highest BCUT2D eigenvalue weighted by Crippen LogP contribution is 2.15. The standard InChI is InChI=1S/C20H30N4O4S2.2ClH/c1-23(2)29(25,26)19-9-5-17(6-10-19)15-21-13-14-22-16-18-7-11-20(12-8-18)30(27,28)24(3)4;;/h5-12,21-22H,13-16H2,1-4H3;2*1H. The zero-order valence-electron chi connectivity index (χ0n) is 18.6. The Bertz CT molecular complexity index is 943. The molecule has 12 heteroatoms. The van der Waals surface area contributed by atoms with Crippen molar-refractivity contribution in [2.75, 3.05) is 41.3 Å². The molecule has 0 fully saturated rings. The quantitative estimate of drug-likeness (QED) is 0.434. The van der Waals surface area contributed by atoms with Crippen molar-refractivity contribution in [3.63, 3.8) is 0 Å². The van der Waals surface area contributed by atoms with Crippen LogP contribution in [0.15, 0.2) is 58.3 Å². The van der Waals surface area contributed by atoms with Crippen molar-refractivity contribution < 1.29 is 16.8 Å². The fourth-order valence-electron chi connectivity index (χ4n) is 2.62. The minimum atomic E-state index is -3.40. The molecule has 0 bridgehead atoms. The average Bonchev–Trinajstić information content (AvgIpc) is 2.71. The summed E-state index contributed by atoms with van der Waals surface area (Å²) in [6, 6.07) is 13.7. The summed E-state index contributed by atoms with van der Waals surface area (Å²) in [5, 5.41) is 6.61. The van der Waals surface area contributed by atoms with Crippen LogP contribution in [0.4, 0.5) is 0 Å². The zero-order chi connectivity index (χ0) is 22.4. The van der Waals surface area contributed by atoms with E-state index in [1.165, 1.54) is 36.8 Å². The number of halogens is 2. The van der Waals surface area contributed by atoms with Crippen molar-refractivity contribution in [2.24, 2.45) is 0 Å². The Morgan fingerprint density at radius 3 is 1.12 bits per heavy atom. The van der Waals surface area contributed by atoms with E-state index in [1.54, 1.807) is 48.5 Å². The molecule has 0 aliphatic carbocycles. The van der Waals surface area contributed by atoms with Crippen LogP contribution in [-0.2, 0) is 33.1 Å². The van der Waals surface area contributed by atoms with E-state index in [0.29, 0.717) is 13.1 Å². The number of hydrogen-bond donors (Lipinski definition) is 2. The van der Waals surface area contributed by atoms with Gasteiger partial charge in [0.1, 0.15) is 0 Å². The van der Waals surface area contributed by atoms with E-state index in [9.17, 15) is 16.8 Å². The van der Waals surface area contributed by atoms with Crippen molar-refractivity contribution >= 4 is 44.9 Å². The Labute approximate surface area is 204 Å². The molecule has 0 amide bonds. The van der Waals surface area contributed by atoms with E-state index in [4.69, 9.17) is 0 Å². The molecule has 0 atom stereocenters. The van der Waals surface area contributed by atoms with E-state index in [0.717, 1.165) is 24.2 Å². The number of nitrogens with one attached hydrogen (secondary N) is 2. The molecule has 32 heavy (non-hydrogen) atoms. The molecule has 0 spiro atoms. The van der Waals surface area contributed by atoms with Crippen molar-refractivity contribution in [3.05, 3.63) is 59.7 Å². The highest BCUT2D eigenvalue weighted by atomic mass is 35.5. The Morgan fingerprint density at radius 2 is 0.875 bits per heavy atom. The maximum Gasteiger partial charge on any atom is 0.242 e. The molecule has 2 rings (SSSR count). The largest absolute Gasteiger partial charge is 0.311 e. The van der Waals surface area contributed by atoms with Gasteiger partial charge in [0.15, 0.2) is 0 Å². The molecule has 8 nitrogen and oxygen atoms in total. The Morgan fingerprint density at radius 1 is 0.594 bits per heavy atom. The average molecular weight is 528 g/mol. The number of hydrogen-bond acceptors (Lipinski definition) is 6. The first-order valence-corrected chi connectivity index (χ1v) is 12.4. The molecule has 0 aliphatic rings. The molecular formula is C20H32Cl2N4O4S2. The van der Waals surface area contributed by atoms with Crippen molar-refractivity contribution in [1.29, 1.82) is 0 Å². The number of sulfonamides is 2. The normalized spacial score (nSPS) is 11.8. The maximum atomic E-state index is 12.1. The van der Waals surface area contributed by atoms with Crippen LogP contribution in [0.1, 0.15) is 11.1 Å². The molecule has 0 aromatic heterocycles. The van der Waals surface area contributed by atoms with Crippen molar-refractivity contribution in [2.45, 2.75) is 22.9 Å². The summed E-state index contributed by atoms with van der Waals surface area (Å²) in [5.41, 5.74) is 2.01. The molecule has 0 heterocycles. The van der Waals surface area contributed by atoms with Crippen molar-refractivity contribution in [1.82, 2.24) is 19.2 Å². The van der Waals surface area contributed by atoms with Gasteiger partial charge in [-0.3, -0.25) is 0 Å². The molecule has 182 valence electrons. The molecule has 0 saturated carbocycles. The lowest BCUT2D eigenvalue weighted by molar-refractivity contribution is 0.519. The third kappa shape index (κ3) is 8.27. The molecule has 0 unspecified atom stereocenters. The topological polar surface area (TPSA) is 98.8 Å². The van der Waals surface area contributed by atoms with Crippen LogP contribution in [0.2, 0.25) is 0 Å². The first-order valence-electron chi connectivity index (χ1n) is 9.49. The van der Waals surface area contributed by atoms with E-state index in [1.807, 2.05) is 0 Å². The van der Waals surface area contributed by atoms with Gasteiger partial charge in [-0.05, 0) is 35.4 Å². The molecule has 2 N–H and O–H groups in total. The first kappa shape index (κ1) is 30.8. The van der Waals surface area contributed by atoms with Gasteiger partial charge in [0, 0.05) is 54.4 Å². The van der Waals surface area contributed by atoms with E-state index < -0.39 is 20.0 Å². The molecule has 0 radical (unpaired) electrons. The summed E-state index contributed by atoms with van der Waals surface area (Å²) in [6.07, 6.45) is 0. The Hall–Kier alpha value is -1.24. The van der Waals surface area contributed by atoms with Crippen LogP contribution in [-0.4, -0.2) is 66.7 Å². The first-order chi connectivity index (χ1) is 14.0. The molecule has 2 aromatic carbocycles. The summed E-state index contributed by atoms with van der Waals surface area (Å²) in [5.74, 6) is 0. The smallest absolute Gasteiger partial charge is 0.242 e. The summed E-state index contributed by atoms with van der Waals surface area (Å²) >= 11 is 0. The second-order valence-corrected chi connectivity index (χ2v) is 11.5. The van der Waals surface area contributed by atoms with Gasteiger partial charge in [-0.1, -0.05) is 24.3 Å². The molecule has 0 aliphatic heterocycles. The number of benzene rings is 2. The summed E-state index contributed by atoms with van der Waals surface area (Å²) in [6.45, 7) is 2.76. The minimum Gasteiger partial charge on any atom is -0.311 e. The molecule has 2 aromatic rings. The van der Waals surface area contributed by atoms with Gasteiger partial charge in [-0.2, -0.15) is 0 Å². The lowest BCUT2D eigenvalue weighted by atomic mass is 10.2. The van der Waals surface area contributed by atoms with Crippen LogP contribution in [0.5, 0.6) is 0 Å². The predicted molar refractivity (Wildman–Crippen MR) is 133 cm³/mol. The van der Waals surface area contributed by atoms with E-state index >= 15 is 0 Å². The lowest BCUT2D eigenvalue weighted by Gasteiger charge is -2.12. The fraction of sp³-hybridized carbons (Fsp3) is 0.400. The van der Waals surface area contributed by atoms with E-state index in [-0.39, 0.29) is 34.6 Å². The van der Waals surface area contributed by atoms with Crippen LogP contribution >= 0.6 is 24.8 Å². The molecule has 0 saturated heterocycles. The summed E-state index contributed by atoms with van der Waals surface area (Å²) < 4.78 is 50.6. The van der Waals surface area contributed by atoms with Gasteiger partial charge < -0.3 is 10.6 Å². The monoisotopic (exact) mass is 526 g/mol. The number of nitrogens with zero attached hydrogens (tertiary/aromatic N) is 2. The zero-order valence-corrected chi connectivity index (χ0v) is 21.9. The summed E-state index contributed by atoms with van der Waals surface area (Å²) in [4.78, 5) is 0.560. The lowest BCUT2D eigenvalue weighted by Crippen LogP contribution is -2.27. The maximum absolute atomic E-state index is 12.1. The van der Waals surface area contributed by atoms with Gasteiger partial charge in [-0.25, -0.2) is 25.4 Å². The minimum absolute atomic E-state index is 0. The highest BCUT2D eigenvalue weighted by Gasteiger charge is 2.17. The summed E-state index contributed by atoms with van der Waals surface area (Å²) in [7, 11) is -0.754. The number of rotatable bonds is 11. The second kappa shape index (κ2) is 13.5. The Kier molecular flexibility index (Phi) is 12.9. The third-order valence-corrected chi connectivity index (χ3v) is 8.20. The highest BCUT2D eigenvalue weighted by molar-refractivity contribution is 7.89. The van der Waals surface area contributed by atoms with Crippen LogP contribution in [0.3, 0.4) is 0 Å². The predicted octanol–water partition coefficient (Wildman–Crippen LogP) is 1.91. The third-order valence-electron chi connectivity index (χ3n) is 4.54.